The molecule has 6 heteroatoms. The van der Waals surface area contributed by atoms with Gasteiger partial charge in [-0.15, -0.1) is 0 Å². The molecule has 104 valence electrons. The lowest BCUT2D eigenvalue weighted by Gasteiger charge is -2.30. The Morgan fingerprint density at radius 3 is 2.58 bits per heavy atom. The predicted octanol–water partition coefficient (Wildman–Crippen LogP) is 0.280. The second-order valence-electron chi connectivity index (χ2n) is 4.81. The molecule has 1 saturated heterocycles. The van der Waals surface area contributed by atoms with E-state index in [9.17, 15) is 9.59 Å². The highest BCUT2D eigenvalue weighted by atomic mass is 16.5. The topological polar surface area (TPSA) is 64.4 Å². The van der Waals surface area contributed by atoms with Crippen molar-refractivity contribution in [2.45, 2.75) is 26.8 Å². The van der Waals surface area contributed by atoms with Gasteiger partial charge in [0.1, 0.15) is 6.04 Å². The van der Waals surface area contributed by atoms with E-state index in [4.69, 9.17) is 4.74 Å². The van der Waals surface area contributed by atoms with Crippen molar-refractivity contribution in [3.05, 3.63) is 27.9 Å². The smallest absolute Gasteiger partial charge is 0.348 e. The van der Waals surface area contributed by atoms with Crippen molar-refractivity contribution >= 4 is 5.91 Å². The van der Waals surface area contributed by atoms with Crippen LogP contribution in [0.2, 0.25) is 0 Å². The summed E-state index contributed by atoms with van der Waals surface area (Å²) in [7, 11) is 0. The molecule has 2 heterocycles. The van der Waals surface area contributed by atoms with Crippen LogP contribution < -0.4 is 5.69 Å². The highest BCUT2D eigenvalue weighted by molar-refractivity contribution is 5.80. The van der Waals surface area contributed by atoms with Crippen molar-refractivity contribution in [2.75, 3.05) is 26.3 Å². The van der Waals surface area contributed by atoms with Gasteiger partial charge in [-0.2, -0.15) is 4.98 Å². The number of nitrogens with zero attached hydrogens (tertiary/aromatic N) is 3. The molecular weight excluding hydrogens is 246 g/mol. The first-order valence-electron chi connectivity index (χ1n) is 6.44. The first kappa shape index (κ1) is 13.7. The fourth-order valence-corrected chi connectivity index (χ4v) is 2.39. The molecule has 0 N–H and O–H groups in total. The van der Waals surface area contributed by atoms with Crippen LogP contribution in [0, 0.1) is 13.8 Å². The maximum Gasteiger partial charge on any atom is 0.348 e. The van der Waals surface area contributed by atoms with Crippen LogP contribution in [0.5, 0.6) is 0 Å². The highest BCUT2D eigenvalue weighted by Gasteiger charge is 2.25. The first-order chi connectivity index (χ1) is 9.00. The monoisotopic (exact) mass is 265 g/mol. The summed E-state index contributed by atoms with van der Waals surface area (Å²) < 4.78 is 6.67. The van der Waals surface area contributed by atoms with Gasteiger partial charge >= 0.3 is 5.69 Å². The van der Waals surface area contributed by atoms with E-state index in [1.807, 2.05) is 13.0 Å². The van der Waals surface area contributed by atoms with E-state index in [0.717, 1.165) is 5.69 Å². The summed E-state index contributed by atoms with van der Waals surface area (Å²) in [5, 5.41) is 0. The predicted molar refractivity (Wildman–Crippen MR) is 70.1 cm³/mol. The van der Waals surface area contributed by atoms with Gasteiger partial charge in [0.05, 0.1) is 13.2 Å². The molecule has 0 radical (unpaired) electrons. The molecule has 1 aliphatic rings. The summed E-state index contributed by atoms with van der Waals surface area (Å²) in [4.78, 5) is 29.9. The van der Waals surface area contributed by atoms with Crippen LogP contribution in [0.25, 0.3) is 0 Å². The second kappa shape index (κ2) is 5.52. The molecule has 1 aromatic rings. The van der Waals surface area contributed by atoms with Crippen molar-refractivity contribution < 1.29 is 9.53 Å². The molecule has 0 spiro atoms. The largest absolute Gasteiger partial charge is 0.378 e. The van der Waals surface area contributed by atoms with E-state index < -0.39 is 6.04 Å². The minimum absolute atomic E-state index is 0.0563. The van der Waals surface area contributed by atoms with Crippen molar-refractivity contribution in [3.63, 3.8) is 0 Å². The van der Waals surface area contributed by atoms with Crippen molar-refractivity contribution in [2.24, 2.45) is 0 Å². The fourth-order valence-electron chi connectivity index (χ4n) is 2.39. The van der Waals surface area contributed by atoms with Gasteiger partial charge in [0.15, 0.2) is 0 Å². The number of amides is 1. The van der Waals surface area contributed by atoms with E-state index in [2.05, 4.69) is 4.98 Å². The zero-order valence-electron chi connectivity index (χ0n) is 11.5. The van der Waals surface area contributed by atoms with Gasteiger partial charge in [-0.05, 0) is 26.8 Å². The van der Waals surface area contributed by atoms with Crippen LogP contribution in [-0.4, -0.2) is 46.7 Å². The number of aromatic nitrogens is 2. The van der Waals surface area contributed by atoms with Crippen LogP contribution in [0.15, 0.2) is 10.9 Å². The number of morpholine rings is 1. The zero-order valence-corrected chi connectivity index (χ0v) is 11.5. The maximum atomic E-state index is 12.4. The molecule has 6 nitrogen and oxygen atoms in total. The number of hydrogen-bond donors (Lipinski definition) is 0. The Bertz CT molecular complexity index is 532. The number of ether oxygens (including phenoxy) is 1. The van der Waals surface area contributed by atoms with Crippen LogP contribution in [-0.2, 0) is 9.53 Å². The van der Waals surface area contributed by atoms with Crippen LogP contribution in [0.3, 0.4) is 0 Å². The number of carbonyl (C=O) groups is 1. The molecule has 0 saturated carbocycles. The normalized spacial score (nSPS) is 17.3. The summed E-state index contributed by atoms with van der Waals surface area (Å²) in [5.41, 5.74) is 1.06. The van der Waals surface area contributed by atoms with Crippen LogP contribution >= 0.6 is 0 Å². The average molecular weight is 265 g/mol. The molecule has 1 amide bonds. The minimum Gasteiger partial charge on any atom is -0.378 e. The quantitative estimate of drug-likeness (QED) is 0.770. The summed E-state index contributed by atoms with van der Waals surface area (Å²) >= 11 is 0. The van der Waals surface area contributed by atoms with Gasteiger partial charge in [0.25, 0.3) is 0 Å². The van der Waals surface area contributed by atoms with E-state index in [1.165, 1.54) is 4.57 Å². The number of aryl methyl sites for hydroxylation is 2. The molecule has 1 aromatic heterocycles. The highest BCUT2D eigenvalue weighted by Crippen LogP contribution is 2.12. The van der Waals surface area contributed by atoms with E-state index >= 15 is 0 Å². The van der Waals surface area contributed by atoms with Crippen molar-refractivity contribution in [3.8, 4) is 0 Å². The molecule has 1 unspecified atom stereocenters. The summed E-state index contributed by atoms with van der Waals surface area (Å²) in [6.07, 6.45) is 0. The van der Waals surface area contributed by atoms with E-state index in [-0.39, 0.29) is 11.6 Å². The third kappa shape index (κ3) is 2.84. The molecule has 1 atom stereocenters. The Labute approximate surface area is 112 Å². The number of rotatable bonds is 2. The summed E-state index contributed by atoms with van der Waals surface area (Å²) in [6, 6.07) is 1.28. The first-order valence-corrected chi connectivity index (χ1v) is 6.44. The number of hydrogen-bond acceptors (Lipinski definition) is 4. The van der Waals surface area contributed by atoms with Gasteiger partial charge in [-0.25, -0.2) is 4.79 Å². The lowest BCUT2D eigenvalue weighted by molar-refractivity contribution is -0.138. The summed E-state index contributed by atoms with van der Waals surface area (Å²) in [6.45, 7) is 7.60. The van der Waals surface area contributed by atoms with Gasteiger partial charge in [0, 0.05) is 24.5 Å². The van der Waals surface area contributed by atoms with E-state index in [0.29, 0.717) is 32.0 Å². The number of carbonyl (C=O) groups excluding carboxylic acids is 1. The molecule has 2 rings (SSSR count). The van der Waals surface area contributed by atoms with Crippen LogP contribution in [0.4, 0.5) is 0 Å². The molecule has 19 heavy (non-hydrogen) atoms. The van der Waals surface area contributed by atoms with E-state index in [1.54, 1.807) is 18.7 Å². The Morgan fingerprint density at radius 1 is 1.37 bits per heavy atom. The Kier molecular flexibility index (Phi) is 3.99. The van der Waals surface area contributed by atoms with Crippen LogP contribution in [0.1, 0.15) is 24.4 Å². The lowest BCUT2D eigenvalue weighted by atomic mass is 10.2. The maximum absolute atomic E-state index is 12.4. The SMILES string of the molecule is Cc1cc(C)n(C(C)C(=O)N2CCOCC2)c(=O)n1. The van der Waals surface area contributed by atoms with Gasteiger partial charge in [-0.1, -0.05) is 0 Å². The average Bonchev–Trinajstić information content (AvgIpc) is 2.37. The lowest BCUT2D eigenvalue weighted by Crippen LogP contribution is -2.45. The Balaban J connectivity index is 2.26. The van der Waals surface area contributed by atoms with Crippen molar-refractivity contribution in [1.29, 1.82) is 0 Å². The third-order valence-electron chi connectivity index (χ3n) is 3.34. The van der Waals surface area contributed by atoms with Gasteiger partial charge < -0.3 is 9.64 Å². The van der Waals surface area contributed by atoms with Crippen molar-refractivity contribution in [1.82, 2.24) is 14.5 Å². The minimum atomic E-state index is -0.529. The van der Waals surface area contributed by atoms with Gasteiger partial charge in [-0.3, -0.25) is 9.36 Å². The molecule has 0 aromatic carbocycles. The molecular formula is C13H19N3O3. The van der Waals surface area contributed by atoms with Gasteiger partial charge in [0.2, 0.25) is 5.91 Å². The molecule has 1 fully saturated rings. The third-order valence-corrected chi connectivity index (χ3v) is 3.34. The zero-order chi connectivity index (χ0) is 14.0. The standard InChI is InChI=1S/C13H19N3O3/c1-9-8-10(2)16(13(18)14-9)11(3)12(17)15-4-6-19-7-5-15/h8,11H,4-7H2,1-3H3. The molecule has 0 bridgehead atoms. The summed E-state index contributed by atoms with van der Waals surface area (Å²) in [5.74, 6) is -0.0563. The Morgan fingerprint density at radius 2 is 2.00 bits per heavy atom. The second-order valence-corrected chi connectivity index (χ2v) is 4.81. The molecule has 1 aliphatic heterocycles. The fraction of sp³-hybridized carbons (Fsp3) is 0.615. The Hall–Kier alpha value is -1.69. The molecule has 0 aliphatic carbocycles.